The maximum absolute atomic E-state index is 13.1. The van der Waals surface area contributed by atoms with E-state index >= 15 is 0 Å². The summed E-state index contributed by atoms with van der Waals surface area (Å²) in [6.45, 7) is 0. The second kappa shape index (κ2) is 7.09. The Balaban J connectivity index is 1.85. The average Bonchev–Trinajstić information content (AvgIpc) is 3.00. The van der Waals surface area contributed by atoms with Gasteiger partial charge in [-0.2, -0.15) is 0 Å². The minimum atomic E-state index is -0.250. The van der Waals surface area contributed by atoms with Crippen LogP contribution >= 0.6 is 11.6 Å². The summed E-state index contributed by atoms with van der Waals surface area (Å²) in [4.78, 5) is 19.2. The van der Waals surface area contributed by atoms with Gasteiger partial charge in [0, 0.05) is 5.56 Å². The number of aromatic hydroxyl groups is 1. The van der Waals surface area contributed by atoms with E-state index in [-0.39, 0.29) is 11.7 Å². The number of nitrogens with zero attached hydrogens (tertiary/aromatic N) is 2. The SMILES string of the molecule is O=C1/C(=C\c2ccccc2)N=C(c2ccccc2Cl)N1c1ccc(O)cc1. The molecule has 0 bridgehead atoms. The highest BCUT2D eigenvalue weighted by atomic mass is 35.5. The molecule has 1 aliphatic rings. The fourth-order valence-corrected chi connectivity index (χ4v) is 3.11. The summed E-state index contributed by atoms with van der Waals surface area (Å²) in [5.74, 6) is 0.333. The van der Waals surface area contributed by atoms with Gasteiger partial charge in [-0.1, -0.05) is 54.1 Å². The van der Waals surface area contributed by atoms with Gasteiger partial charge < -0.3 is 5.11 Å². The van der Waals surface area contributed by atoms with E-state index in [1.165, 1.54) is 17.0 Å². The van der Waals surface area contributed by atoms with Gasteiger partial charge in [0.05, 0.1) is 10.7 Å². The van der Waals surface area contributed by atoms with Crippen molar-refractivity contribution in [3.05, 3.63) is 101 Å². The maximum Gasteiger partial charge on any atom is 0.282 e. The summed E-state index contributed by atoms with van der Waals surface area (Å²) in [5.41, 5.74) is 2.48. The lowest BCUT2D eigenvalue weighted by Gasteiger charge is -2.19. The highest BCUT2D eigenvalue weighted by Crippen LogP contribution is 2.31. The Bertz CT molecular complexity index is 1060. The first kappa shape index (κ1) is 17.1. The molecule has 0 aromatic heterocycles. The standard InChI is InChI=1S/C22H15ClN2O2/c23-19-9-5-4-8-18(19)21-24-20(14-15-6-2-1-3-7-15)22(27)25(21)16-10-12-17(26)13-11-16/h1-14,26H/b20-14+. The van der Waals surface area contributed by atoms with Crippen molar-refractivity contribution >= 4 is 35.1 Å². The van der Waals surface area contributed by atoms with Crippen LogP contribution in [0.15, 0.2) is 89.6 Å². The molecule has 0 fully saturated rings. The number of rotatable bonds is 3. The number of carbonyl (C=O) groups is 1. The molecule has 27 heavy (non-hydrogen) atoms. The molecular formula is C22H15ClN2O2. The van der Waals surface area contributed by atoms with Crippen molar-refractivity contribution in [2.45, 2.75) is 0 Å². The Morgan fingerprint density at radius 3 is 2.26 bits per heavy atom. The summed E-state index contributed by atoms with van der Waals surface area (Å²) in [6, 6.07) is 23.2. The molecule has 0 radical (unpaired) electrons. The van der Waals surface area contributed by atoms with Crippen LogP contribution in [-0.2, 0) is 4.79 Å². The number of carbonyl (C=O) groups excluding carboxylic acids is 1. The van der Waals surface area contributed by atoms with E-state index in [1.54, 1.807) is 24.3 Å². The summed E-state index contributed by atoms with van der Waals surface area (Å²) < 4.78 is 0. The molecule has 0 saturated heterocycles. The van der Waals surface area contributed by atoms with Gasteiger partial charge >= 0.3 is 0 Å². The summed E-state index contributed by atoms with van der Waals surface area (Å²) in [7, 11) is 0. The van der Waals surface area contributed by atoms with Crippen LogP contribution in [0.5, 0.6) is 5.75 Å². The quantitative estimate of drug-likeness (QED) is 0.664. The van der Waals surface area contributed by atoms with Gasteiger partial charge in [0.1, 0.15) is 17.3 Å². The number of hydrogen-bond acceptors (Lipinski definition) is 3. The van der Waals surface area contributed by atoms with Gasteiger partial charge in [0.15, 0.2) is 0 Å². The molecule has 3 aromatic rings. The highest BCUT2D eigenvalue weighted by Gasteiger charge is 2.33. The number of amides is 1. The topological polar surface area (TPSA) is 52.9 Å². The third-order valence-corrected chi connectivity index (χ3v) is 4.52. The van der Waals surface area contributed by atoms with Crippen LogP contribution in [0, 0.1) is 0 Å². The number of phenols is 1. The van der Waals surface area contributed by atoms with Crippen LogP contribution in [-0.4, -0.2) is 16.8 Å². The van der Waals surface area contributed by atoms with Gasteiger partial charge in [-0.15, -0.1) is 0 Å². The summed E-state index contributed by atoms with van der Waals surface area (Å²) in [5, 5.41) is 10.1. The summed E-state index contributed by atoms with van der Waals surface area (Å²) >= 11 is 6.36. The van der Waals surface area contributed by atoms with E-state index in [0.717, 1.165) is 5.56 Å². The average molecular weight is 375 g/mol. The van der Waals surface area contributed by atoms with E-state index in [1.807, 2.05) is 48.5 Å². The van der Waals surface area contributed by atoms with Crippen LogP contribution in [0.1, 0.15) is 11.1 Å². The van der Waals surface area contributed by atoms with E-state index in [2.05, 4.69) is 4.99 Å². The normalized spacial score (nSPS) is 15.3. The number of halogens is 1. The van der Waals surface area contributed by atoms with Gasteiger partial charge in [-0.3, -0.25) is 9.69 Å². The fraction of sp³-hybridized carbons (Fsp3) is 0. The lowest BCUT2D eigenvalue weighted by Crippen LogP contribution is -2.32. The second-order valence-electron chi connectivity index (χ2n) is 6.01. The third-order valence-electron chi connectivity index (χ3n) is 4.19. The Hall–Kier alpha value is -3.37. The van der Waals surface area contributed by atoms with Crippen molar-refractivity contribution < 1.29 is 9.90 Å². The van der Waals surface area contributed by atoms with E-state index in [9.17, 15) is 9.90 Å². The van der Waals surface area contributed by atoms with Crippen LogP contribution in [0.4, 0.5) is 5.69 Å². The van der Waals surface area contributed by atoms with Crippen molar-refractivity contribution in [2.24, 2.45) is 4.99 Å². The first-order valence-corrected chi connectivity index (χ1v) is 8.75. The Kier molecular flexibility index (Phi) is 4.48. The van der Waals surface area contributed by atoms with Crippen molar-refractivity contribution in [2.75, 3.05) is 4.90 Å². The van der Waals surface area contributed by atoms with Crippen LogP contribution in [0.25, 0.3) is 6.08 Å². The van der Waals surface area contributed by atoms with E-state index in [4.69, 9.17) is 11.6 Å². The van der Waals surface area contributed by atoms with Crippen LogP contribution in [0.2, 0.25) is 5.02 Å². The van der Waals surface area contributed by atoms with Gasteiger partial charge in [-0.05, 0) is 48.0 Å². The highest BCUT2D eigenvalue weighted by molar-refractivity contribution is 6.39. The molecule has 0 atom stereocenters. The number of benzene rings is 3. The van der Waals surface area contributed by atoms with Crippen LogP contribution < -0.4 is 4.90 Å². The zero-order chi connectivity index (χ0) is 18.8. The smallest absolute Gasteiger partial charge is 0.282 e. The Labute approximate surface area is 161 Å². The largest absolute Gasteiger partial charge is 0.508 e. The van der Waals surface area contributed by atoms with E-state index < -0.39 is 0 Å². The molecule has 0 unspecified atom stereocenters. The maximum atomic E-state index is 13.1. The third kappa shape index (κ3) is 3.35. The first-order chi connectivity index (χ1) is 13.1. The summed E-state index contributed by atoms with van der Waals surface area (Å²) in [6.07, 6.45) is 1.75. The Morgan fingerprint density at radius 1 is 0.889 bits per heavy atom. The predicted octanol–water partition coefficient (Wildman–Crippen LogP) is 4.88. The first-order valence-electron chi connectivity index (χ1n) is 8.37. The van der Waals surface area contributed by atoms with Gasteiger partial charge in [0.25, 0.3) is 5.91 Å². The fourth-order valence-electron chi connectivity index (χ4n) is 2.89. The van der Waals surface area contributed by atoms with Crippen molar-refractivity contribution in [1.29, 1.82) is 0 Å². The monoisotopic (exact) mass is 374 g/mol. The van der Waals surface area contributed by atoms with Crippen molar-refractivity contribution in [3.8, 4) is 5.75 Å². The number of phenolic OH excluding ortho intramolecular Hbond substituents is 1. The molecule has 0 saturated carbocycles. The van der Waals surface area contributed by atoms with Gasteiger partial charge in [-0.25, -0.2) is 4.99 Å². The molecule has 4 nitrogen and oxygen atoms in total. The molecule has 0 spiro atoms. The molecule has 1 N–H and O–H groups in total. The minimum Gasteiger partial charge on any atom is -0.508 e. The van der Waals surface area contributed by atoms with Gasteiger partial charge in [0.2, 0.25) is 0 Å². The molecule has 1 amide bonds. The molecule has 132 valence electrons. The zero-order valence-corrected chi connectivity index (χ0v) is 15.0. The zero-order valence-electron chi connectivity index (χ0n) is 14.2. The van der Waals surface area contributed by atoms with Crippen molar-refractivity contribution in [3.63, 3.8) is 0 Å². The molecule has 1 aliphatic heterocycles. The molecule has 4 rings (SSSR count). The number of amidine groups is 1. The molecule has 1 heterocycles. The van der Waals surface area contributed by atoms with E-state index in [0.29, 0.717) is 27.8 Å². The molecular weight excluding hydrogens is 360 g/mol. The lowest BCUT2D eigenvalue weighted by molar-refractivity contribution is -0.113. The van der Waals surface area contributed by atoms with Crippen LogP contribution in [0.3, 0.4) is 0 Å². The van der Waals surface area contributed by atoms with Crippen molar-refractivity contribution in [1.82, 2.24) is 0 Å². The number of hydrogen-bond donors (Lipinski definition) is 1. The lowest BCUT2D eigenvalue weighted by atomic mass is 10.1. The molecule has 5 heteroatoms. The minimum absolute atomic E-state index is 0.127. The second-order valence-corrected chi connectivity index (χ2v) is 6.42. The Morgan fingerprint density at radius 2 is 1.56 bits per heavy atom. The predicted molar refractivity (Wildman–Crippen MR) is 108 cm³/mol. The molecule has 3 aromatic carbocycles. The number of anilines is 1. The molecule has 0 aliphatic carbocycles. The number of aliphatic imine (C=N–C) groups is 1.